The summed E-state index contributed by atoms with van der Waals surface area (Å²) in [4.78, 5) is 26.5. The fraction of sp³-hybridized carbons (Fsp3) is 0.417. The molecule has 5 nitrogen and oxygen atoms in total. The predicted octanol–water partition coefficient (Wildman–Crippen LogP) is 3.33. The number of amides is 2. The number of benzene rings is 2. The number of carbonyl (C=O) groups excluding carboxylic acids is 2. The van der Waals surface area contributed by atoms with Crippen LogP contribution in [0.15, 0.2) is 48.5 Å². The summed E-state index contributed by atoms with van der Waals surface area (Å²) < 4.78 is 54.5. The van der Waals surface area contributed by atoms with Gasteiger partial charge in [0.25, 0.3) is 12.3 Å². The maximum atomic E-state index is 13.9. The van der Waals surface area contributed by atoms with E-state index in [1.807, 2.05) is 0 Å². The molecule has 2 N–H and O–H groups in total. The summed E-state index contributed by atoms with van der Waals surface area (Å²) in [5.41, 5.74) is -3.15. The highest BCUT2D eigenvalue weighted by Crippen LogP contribution is 2.49. The molecule has 2 saturated heterocycles. The van der Waals surface area contributed by atoms with E-state index in [1.54, 1.807) is 12.1 Å². The fourth-order valence-electron chi connectivity index (χ4n) is 5.07. The maximum Gasteiger partial charge on any atom is 0.280 e. The Labute approximate surface area is 188 Å². The van der Waals surface area contributed by atoms with Gasteiger partial charge in [-0.05, 0) is 53.6 Å². The molecule has 4 rings (SSSR count). The number of nitrogens with one attached hydrogen (secondary N) is 1. The Kier molecular flexibility index (Phi) is 6.18. The normalized spacial score (nSPS) is 22.2. The first-order valence-corrected chi connectivity index (χ1v) is 10.7. The van der Waals surface area contributed by atoms with Crippen LogP contribution in [-0.2, 0) is 15.2 Å². The van der Waals surface area contributed by atoms with Gasteiger partial charge in [-0.25, -0.2) is 17.6 Å². The zero-order chi connectivity index (χ0) is 23.8. The van der Waals surface area contributed by atoms with Crippen LogP contribution in [0, 0.1) is 17.0 Å². The second kappa shape index (κ2) is 8.78. The van der Waals surface area contributed by atoms with Gasteiger partial charge < -0.3 is 15.3 Å². The van der Waals surface area contributed by atoms with Gasteiger partial charge in [0, 0.05) is 32.0 Å². The monoisotopic (exact) mass is 464 g/mol. The van der Waals surface area contributed by atoms with Crippen molar-refractivity contribution in [3.05, 3.63) is 71.3 Å². The standard InChI is InChI=1S/C24H24F4N2O3/c25-17-5-1-15(2-6-17)19-14-29-20(31)13-23(19)9-11-30(12-10-23)22(32)24(33,21(27)28)16-3-7-18(26)8-4-16/h1-8,19,21,33H,9-14H2,(H,29,31)/t19-,24+/m0/s1. The van der Waals surface area contributed by atoms with Crippen LogP contribution in [0.5, 0.6) is 0 Å². The van der Waals surface area contributed by atoms with Crippen LogP contribution in [0.25, 0.3) is 0 Å². The summed E-state index contributed by atoms with van der Waals surface area (Å²) in [7, 11) is 0. The predicted molar refractivity (Wildman–Crippen MR) is 111 cm³/mol. The highest BCUT2D eigenvalue weighted by Gasteiger charge is 2.52. The van der Waals surface area contributed by atoms with E-state index in [0.717, 1.165) is 29.8 Å². The number of rotatable bonds is 4. The van der Waals surface area contributed by atoms with Crippen LogP contribution >= 0.6 is 0 Å². The highest BCUT2D eigenvalue weighted by molar-refractivity contribution is 5.87. The van der Waals surface area contributed by atoms with Gasteiger partial charge in [-0.15, -0.1) is 0 Å². The van der Waals surface area contributed by atoms with Crippen molar-refractivity contribution in [2.24, 2.45) is 5.41 Å². The minimum atomic E-state index is -3.42. The summed E-state index contributed by atoms with van der Waals surface area (Å²) in [5.74, 6) is -2.47. The molecule has 2 heterocycles. The summed E-state index contributed by atoms with van der Waals surface area (Å²) in [6, 6.07) is 9.81. The molecule has 1 spiro atoms. The van der Waals surface area contributed by atoms with Crippen LogP contribution in [0.3, 0.4) is 0 Å². The molecule has 2 aromatic rings. The van der Waals surface area contributed by atoms with Crippen molar-refractivity contribution in [2.75, 3.05) is 19.6 Å². The third kappa shape index (κ3) is 4.21. The van der Waals surface area contributed by atoms with Gasteiger partial charge in [-0.3, -0.25) is 9.59 Å². The summed E-state index contributed by atoms with van der Waals surface area (Å²) in [6.07, 6.45) is -2.50. The van der Waals surface area contributed by atoms with Crippen molar-refractivity contribution in [1.29, 1.82) is 0 Å². The minimum Gasteiger partial charge on any atom is -0.371 e. The Bertz CT molecular complexity index is 1020. The van der Waals surface area contributed by atoms with Crippen LogP contribution in [-0.4, -0.2) is 47.9 Å². The first-order valence-electron chi connectivity index (χ1n) is 10.7. The Morgan fingerprint density at radius 2 is 1.58 bits per heavy atom. The lowest BCUT2D eigenvalue weighted by molar-refractivity contribution is -0.174. The smallest absolute Gasteiger partial charge is 0.280 e. The topological polar surface area (TPSA) is 69.6 Å². The molecule has 9 heteroatoms. The second-order valence-electron chi connectivity index (χ2n) is 8.81. The van der Waals surface area contributed by atoms with Gasteiger partial charge in [0.15, 0.2) is 0 Å². The van der Waals surface area contributed by atoms with Crippen molar-refractivity contribution < 1.29 is 32.3 Å². The maximum absolute atomic E-state index is 13.9. The van der Waals surface area contributed by atoms with E-state index in [1.165, 1.54) is 17.0 Å². The van der Waals surface area contributed by atoms with Crippen molar-refractivity contribution in [3.8, 4) is 0 Å². The highest BCUT2D eigenvalue weighted by atomic mass is 19.3. The Morgan fingerprint density at radius 3 is 2.12 bits per heavy atom. The quantitative estimate of drug-likeness (QED) is 0.683. The summed E-state index contributed by atoms with van der Waals surface area (Å²) >= 11 is 0. The zero-order valence-electron chi connectivity index (χ0n) is 17.7. The molecule has 176 valence electrons. The molecule has 0 aliphatic carbocycles. The SMILES string of the molecule is O=C1CC2(CCN(C(=O)[C@@](O)(c3ccc(F)cc3)C(F)F)CC2)[C@H](c2ccc(F)cc2)CN1. The molecule has 2 fully saturated rings. The van der Waals surface area contributed by atoms with Crippen molar-refractivity contribution in [2.45, 2.75) is 37.2 Å². The van der Waals surface area contributed by atoms with Gasteiger partial charge >= 0.3 is 0 Å². The van der Waals surface area contributed by atoms with Crippen molar-refractivity contribution >= 4 is 11.8 Å². The first-order chi connectivity index (χ1) is 15.7. The van der Waals surface area contributed by atoms with E-state index in [2.05, 4.69) is 5.32 Å². The molecule has 0 bridgehead atoms. The fourth-order valence-corrected chi connectivity index (χ4v) is 5.07. The van der Waals surface area contributed by atoms with Crippen LogP contribution < -0.4 is 5.32 Å². The van der Waals surface area contributed by atoms with Gasteiger partial charge in [0.1, 0.15) is 11.6 Å². The molecular weight excluding hydrogens is 440 g/mol. The summed E-state index contributed by atoms with van der Waals surface area (Å²) in [5, 5.41) is 13.5. The van der Waals surface area contributed by atoms with E-state index < -0.39 is 29.2 Å². The molecule has 0 saturated carbocycles. The van der Waals surface area contributed by atoms with Gasteiger partial charge in [-0.2, -0.15) is 0 Å². The lowest BCUT2D eigenvalue weighted by Crippen LogP contribution is -2.57. The van der Waals surface area contributed by atoms with Gasteiger partial charge in [0.2, 0.25) is 11.5 Å². The molecular formula is C24H24F4N2O3. The largest absolute Gasteiger partial charge is 0.371 e. The Balaban J connectivity index is 1.56. The average molecular weight is 464 g/mol. The molecule has 0 radical (unpaired) electrons. The molecule has 2 atom stereocenters. The number of alkyl halides is 2. The molecule has 2 aliphatic heterocycles. The molecule has 2 aliphatic rings. The molecule has 0 unspecified atom stereocenters. The molecule has 2 aromatic carbocycles. The Hall–Kier alpha value is -2.94. The minimum absolute atomic E-state index is 0.0695. The number of hydrogen-bond acceptors (Lipinski definition) is 3. The average Bonchev–Trinajstić information content (AvgIpc) is 2.80. The second-order valence-corrected chi connectivity index (χ2v) is 8.81. The molecule has 33 heavy (non-hydrogen) atoms. The first kappa shape index (κ1) is 23.2. The van der Waals surface area contributed by atoms with E-state index in [4.69, 9.17) is 0 Å². The van der Waals surface area contributed by atoms with Gasteiger partial charge in [-0.1, -0.05) is 24.3 Å². The number of likely N-dealkylation sites (tertiary alicyclic amines) is 1. The van der Waals surface area contributed by atoms with Crippen molar-refractivity contribution in [1.82, 2.24) is 10.2 Å². The van der Waals surface area contributed by atoms with Crippen molar-refractivity contribution in [3.63, 3.8) is 0 Å². The number of halogens is 4. The lowest BCUT2D eigenvalue weighted by atomic mass is 9.62. The number of nitrogens with zero attached hydrogens (tertiary/aromatic N) is 1. The number of carbonyl (C=O) groups is 2. The van der Waals surface area contributed by atoms with E-state index in [9.17, 15) is 32.3 Å². The van der Waals surface area contributed by atoms with Gasteiger partial charge in [0.05, 0.1) is 0 Å². The molecule has 2 amide bonds. The number of hydrogen-bond donors (Lipinski definition) is 2. The number of piperidine rings is 2. The zero-order valence-corrected chi connectivity index (χ0v) is 17.7. The molecule has 0 aromatic heterocycles. The number of aliphatic hydroxyl groups is 1. The summed E-state index contributed by atoms with van der Waals surface area (Å²) in [6.45, 7) is 0.495. The van der Waals surface area contributed by atoms with Crippen LogP contribution in [0.1, 0.15) is 36.3 Å². The van der Waals surface area contributed by atoms with E-state index in [0.29, 0.717) is 19.4 Å². The Morgan fingerprint density at radius 1 is 1.03 bits per heavy atom. The van der Waals surface area contributed by atoms with E-state index >= 15 is 0 Å². The third-order valence-corrected chi connectivity index (χ3v) is 7.00. The third-order valence-electron chi connectivity index (χ3n) is 7.00. The van der Waals surface area contributed by atoms with Crippen LogP contribution in [0.2, 0.25) is 0 Å². The van der Waals surface area contributed by atoms with Crippen LogP contribution in [0.4, 0.5) is 17.6 Å². The lowest BCUT2D eigenvalue weighted by Gasteiger charge is -2.49. The van der Waals surface area contributed by atoms with E-state index in [-0.39, 0.29) is 42.7 Å².